The third kappa shape index (κ3) is 5.32. The summed E-state index contributed by atoms with van der Waals surface area (Å²) in [5.74, 6) is 2.34. The zero-order valence-electron chi connectivity index (χ0n) is 9.87. The number of nitrogens with one attached hydrogen (secondary N) is 1. The molecule has 0 radical (unpaired) electrons. The van der Waals surface area contributed by atoms with E-state index in [1.54, 1.807) is 0 Å². The van der Waals surface area contributed by atoms with Crippen LogP contribution in [0.2, 0.25) is 0 Å². The average molecular weight is 303 g/mol. The predicted molar refractivity (Wildman–Crippen MR) is 76.1 cm³/mol. The molecule has 90 valence electrons. The largest absolute Gasteiger partial charge is 0.313 e. The molecule has 0 aliphatic carbocycles. The Morgan fingerprint density at radius 2 is 2.25 bits per heavy atom. The molecule has 4 heteroatoms. The zero-order chi connectivity index (χ0) is 11.8. The smallest absolute Gasteiger partial charge is 0.0410 e. The van der Waals surface area contributed by atoms with Crippen molar-refractivity contribution in [3.05, 3.63) is 28.5 Å². The van der Waals surface area contributed by atoms with Gasteiger partial charge in [0.1, 0.15) is 0 Å². The van der Waals surface area contributed by atoms with Gasteiger partial charge < -0.3 is 5.32 Å². The van der Waals surface area contributed by atoms with Gasteiger partial charge in [-0.25, -0.2) is 0 Å². The summed E-state index contributed by atoms with van der Waals surface area (Å²) in [4.78, 5) is 4.20. The normalized spacial score (nSPS) is 12.7. The lowest BCUT2D eigenvalue weighted by Gasteiger charge is -2.17. The maximum absolute atomic E-state index is 4.20. The minimum atomic E-state index is 0.547. The molecule has 0 spiro atoms. The topological polar surface area (TPSA) is 24.9 Å². The fraction of sp³-hybridized carbons (Fsp3) is 0.583. The quantitative estimate of drug-likeness (QED) is 0.838. The Balaban J connectivity index is 2.52. The number of thioether (sulfide) groups is 1. The lowest BCUT2D eigenvalue weighted by atomic mass is 10.1. The molecule has 1 unspecified atom stereocenters. The van der Waals surface area contributed by atoms with Gasteiger partial charge in [-0.2, -0.15) is 11.8 Å². The third-order valence-corrected chi connectivity index (χ3v) is 3.74. The number of hydrogen-bond donors (Lipinski definition) is 1. The molecule has 2 nitrogen and oxygen atoms in total. The molecule has 0 aromatic carbocycles. The van der Waals surface area contributed by atoms with E-state index in [1.807, 2.05) is 24.2 Å². The van der Waals surface area contributed by atoms with Crippen molar-refractivity contribution in [2.24, 2.45) is 0 Å². The SMILES string of the molecule is CCNC(CSCC)Cc1cncc(Br)c1. The number of hydrogen-bond acceptors (Lipinski definition) is 3. The van der Waals surface area contributed by atoms with Crippen LogP contribution < -0.4 is 5.32 Å². The summed E-state index contributed by atoms with van der Waals surface area (Å²) in [6.07, 6.45) is 4.82. The highest BCUT2D eigenvalue weighted by Gasteiger charge is 2.08. The van der Waals surface area contributed by atoms with Gasteiger partial charge in [0.25, 0.3) is 0 Å². The van der Waals surface area contributed by atoms with Crippen molar-refractivity contribution in [2.75, 3.05) is 18.1 Å². The van der Waals surface area contributed by atoms with Crippen molar-refractivity contribution in [3.8, 4) is 0 Å². The molecule has 0 bridgehead atoms. The van der Waals surface area contributed by atoms with Crippen LogP contribution in [0.5, 0.6) is 0 Å². The van der Waals surface area contributed by atoms with E-state index in [2.05, 4.69) is 46.1 Å². The van der Waals surface area contributed by atoms with Crippen LogP contribution in [0, 0.1) is 0 Å². The van der Waals surface area contributed by atoms with Crippen LogP contribution in [-0.2, 0) is 6.42 Å². The van der Waals surface area contributed by atoms with Crippen LogP contribution in [0.25, 0.3) is 0 Å². The maximum Gasteiger partial charge on any atom is 0.0410 e. The monoisotopic (exact) mass is 302 g/mol. The minimum Gasteiger partial charge on any atom is -0.313 e. The summed E-state index contributed by atoms with van der Waals surface area (Å²) in [6, 6.07) is 2.69. The lowest BCUT2D eigenvalue weighted by Crippen LogP contribution is -2.33. The molecule has 0 aliphatic rings. The third-order valence-electron chi connectivity index (χ3n) is 2.26. The van der Waals surface area contributed by atoms with Gasteiger partial charge in [0, 0.05) is 28.7 Å². The predicted octanol–water partition coefficient (Wildman–Crippen LogP) is 3.12. The Kier molecular flexibility index (Phi) is 7.08. The summed E-state index contributed by atoms with van der Waals surface area (Å²) in [7, 11) is 0. The molecule has 0 fully saturated rings. The Morgan fingerprint density at radius 1 is 1.44 bits per heavy atom. The number of rotatable bonds is 7. The number of pyridine rings is 1. The summed E-state index contributed by atoms with van der Waals surface area (Å²) >= 11 is 5.44. The summed E-state index contributed by atoms with van der Waals surface area (Å²) in [6.45, 7) is 5.38. The second-order valence-corrected chi connectivity index (χ2v) is 5.86. The van der Waals surface area contributed by atoms with E-state index in [1.165, 1.54) is 11.3 Å². The van der Waals surface area contributed by atoms with Crippen LogP contribution in [0.3, 0.4) is 0 Å². The van der Waals surface area contributed by atoms with E-state index in [-0.39, 0.29) is 0 Å². The van der Waals surface area contributed by atoms with Crippen molar-refractivity contribution in [2.45, 2.75) is 26.3 Å². The summed E-state index contributed by atoms with van der Waals surface area (Å²) in [5, 5.41) is 3.52. The minimum absolute atomic E-state index is 0.547. The van der Waals surface area contributed by atoms with Gasteiger partial charge in [-0.05, 0) is 46.3 Å². The van der Waals surface area contributed by atoms with Crippen LogP contribution in [0.1, 0.15) is 19.4 Å². The Morgan fingerprint density at radius 3 is 2.88 bits per heavy atom. The first-order valence-electron chi connectivity index (χ1n) is 5.66. The number of likely N-dealkylation sites (N-methyl/N-ethyl adjacent to an activating group) is 1. The zero-order valence-corrected chi connectivity index (χ0v) is 12.3. The Hall–Kier alpha value is -0.0600. The van der Waals surface area contributed by atoms with Gasteiger partial charge in [-0.3, -0.25) is 4.98 Å². The van der Waals surface area contributed by atoms with Crippen molar-refractivity contribution < 1.29 is 0 Å². The fourth-order valence-corrected chi connectivity index (χ4v) is 2.76. The molecular weight excluding hydrogens is 284 g/mol. The van der Waals surface area contributed by atoms with Crippen molar-refractivity contribution in [1.82, 2.24) is 10.3 Å². The first-order valence-corrected chi connectivity index (χ1v) is 7.61. The average Bonchev–Trinajstić information content (AvgIpc) is 2.26. The fourth-order valence-electron chi connectivity index (χ4n) is 1.59. The van der Waals surface area contributed by atoms with Crippen molar-refractivity contribution >= 4 is 27.7 Å². The molecule has 1 heterocycles. The molecule has 1 atom stereocenters. The van der Waals surface area contributed by atoms with Crippen LogP contribution in [0.15, 0.2) is 22.9 Å². The number of halogens is 1. The molecular formula is C12H19BrN2S. The van der Waals surface area contributed by atoms with Gasteiger partial charge in [0.05, 0.1) is 0 Å². The first kappa shape index (κ1) is 14.0. The number of aromatic nitrogens is 1. The van der Waals surface area contributed by atoms with E-state index in [9.17, 15) is 0 Å². The second-order valence-electron chi connectivity index (χ2n) is 3.63. The molecule has 0 saturated carbocycles. The lowest BCUT2D eigenvalue weighted by molar-refractivity contribution is 0.572. The van der Waals surface area contributed by atoms with Crippen LogP contribution >= 0.6 is 27.7 Å². The van der Waals surface area contributed by atoms with Crippen molar-refractivity contribution in [3.63, 3.8) is 0 Å². The van der Waals surface area contributed by atoms with Crippen LogP contribution in [0.4, 0.5) is 0 Å². The molecule has 1 aromatic rings. The van der Waals surface area contributed by atoms with E-state index < -0.39 is 0 Å². The first-order chi connectivity index (χ1) is 7.76. The molecule has 1 aromatic heterocycles. The summed E-state index contributed by atoms with van der Waals surface area (Å²) in [5.41, 5.74) is 1.29. The van der Waals surface area contributed by atoms with Crippen LogP contribution in [-0.4, -0.2) is 29.1 Å². The Bertz CT molecular complexity index is 307. The molecule has 0 aliphatic heterocycles. The second kappa shape index (κ2) is 8.09. The standard InChI is InChI=1S/C12H19BrN2S/c1-3-15-12(9-16-4-2)6-10-5-11(13)8-14-7-10/h5,7-8,12,15H,3-4,6,9H2,1-2H3. The van der Waals surface area contributed by atoms with Crippen molar-refractivity contribution in [1.29, 1.82) is 0 Å². The van der Waals surface area contributed by atoms with E-state index >= 15 is 0 Å². The molecule has 16 heavy (non-hydrogen) atoms. The highest BCUT2D eigenvalue weighted by atomic mass is 79.9. The van der Waals surface area contributed by atoms with E-state index in [4.69, 9.17) is 0 Å². The highest BCUT2D eigenvalue weighted by molar-refractivity contribution is 9.10. The van der Waals surface area contributed by atoms with E-state index in [0.29, 0.717) is 6.04 Å². The van der Waals surface area contributed by atoms with Gasteiger partial charge in [-0.15, -0.1) is 0 Å². The molecule has 1 N–H and O–H groups in total. The molecule has 0 saturated heterocycles. The van der Waals surface area contributed by atoms with Gasteiger partial charge in [0.2, 0.25) is 0 Å². The highest BCUT2D eigenvalue weighted by Crippen LogP contribution is 2.13. The van der Waals surface area contributed by atoms with Gasteiger partial charge in [0.15, 0.2) is 0 Å². The molecule has 1 rings (SSSR count). The van der Waals surface area contributed by atoms with Gasteiger partial charge >= 0.3 is 0 Å². The maximum atomic E-state index is 4.20. The Labute approximate surface area is 111 Å². The van der Waals surface area contributed by atoms with E-state index in [0.717, 1.165) is 23.2 Å². The summed E-state index contributed by atoms with van der Waals surface area (Å²) < 4.78 is 1.06. The number of nitrogens with zero attached hydrogens (tertiary/aromatic N) is 1. The van der Waals surface area contributed by atoms with Gasteiger partial charge in [-0.1, -0.05) is 13.8 Å². The molecule has 0 amide bonds.